The lowest BCUT2D eigenvalue weighted by Gasteiger charge is -2.56. The van der Waals surface area contributed by atoms with E-state index < -0.39 is 0 Å². The summed E-state index contributed by atoms with van der Waals surface area (Å²) >= 11 is 0. The molecular formula is C15H24N4. The third-order valence-corrected chi connectivity index (χ3v) is 5.85. The maximum absolute atomic E-state index is 5.66. The van der Waals surface area contributed by atoms with E-state index in [0.29, 0.717) is 12.0 Å². The third kappa shape index (κ3) is 1.69. The zero-order valence-corrected chi connectivity index (χ0v) is 11.8. The monoisotopic (exact) mass is 260 g/mol. The maximum atomic E-state index is 5.66. The molecule has 19 heavy (non-hydrogen) atoms. The first-order valence-electron chi connectivity index (χ1n) is 7.79. The van der Waals surface area contributed by atoms with Crippen LogP contribution in [-0.4, -0.2) is 21.3 Å². The van der Waals surface area contributed by atoms with Crippen molar-refractivity contribution in [1.29, 1.82) is 0 Å². The second-order valence-corrected chi connectivity index (χ2v) is 7.24. The molecule has 1 heterocycles. The lowest BCUT2D eigenvalue weighted by Crippen LogP contribution is -2.49. The molecule has 0 unspecified atom stereocenters. The van der Waals surface area contributed by atoms with Gasteiger partial charge in [0.05, 0.1) is 0 Å². The molecule has 4 nitrogen and oxygen atoms in total. The Balaban J connectivity index is 1.71. The van der Waals surface area contributed by atoms with E-state index in [-0.39, 0.29) is 0 Å². The molecule has 1 aromatic rings. The molecule has 0 saturated heterocycles. The average molecular weight is 260 g/mol. The normalized spacial score (nSPS) is 40.0. The molecule has 2 N–H and O–H groups in total. The van der Waals surface area contributed by atoms with Crippen LogP contribution in [0.3, 0.4) is 0 Å². The highest BCUT2D eigenvalue weighted by molar-refractivity contribution is 5.18. The van der Waals surface area contributed by atoms with Crippen LogP contribution < -0.4 is 5.73 Å². The van der Waals surface area contributed by atoms with Crippen molar-refractivity contribution >= 4 is 0 Å². The van der Waals surface area contributed by atoms with E-state index in [1.165, 1.54) is 44.3 Å². The average Bonchev–Trinajstić information content (AvgIpc) is 2.70. The van der Waals surface area contributed by atoms with Gasteiger partial charge in [-0.25, -0.2) is 0 Å². The molecule has 104 valence electrons. The van der Waals surface area contributed by atoms with Crippen LogP contribution in [0.15, 0.2) is 0 Å². The second kappa shape index (κ2) is 4.05. The van der Waals surface area contributed by atoms with Crippen LogP contribution in [-0.2, 0) is 18.9 Å². The van der Waals surface area contributed by atoms with Crippen molar-refractivity contribution in [3.8, 4) is 0 Å². The van der Waals surface area contributed by atoms with Gasteiger partial charge in [0.15, 0.2) is 0 Å². The molecule has 4 heteroatoms. The van der Waals surface area contributed by atoms with Crippen LogP contribution >= 0.6 is 0 Å². The minimum absolute atomic E-state index is 0.351. The summed E-state index contributed by atoms with van der Waals surface area (Å²) in [5, 5.41) is 8.98. The molecule has 0 aliphatic heterocycles. The van der Waals surface area contributed by atoms with Gasteiger partial charge in [0.1, 0.15) is 11.6 Å². The summed E-state index contributed by atoms with van der Waals surface area (Å²) < 4.78 is 2.25. The smallest absolute Gasteiger partial charge is 0.139 e. The molecule has 4 fully saturated rings. The molecule has 0 atom stereocenters. The van der Waals surface area contributed by atoms with Crippen LogP contribution in [0.4, 0.5) is 0 Å². The topological polar surface area (TPSA) is 56.7 Å². The van der Waals surface area contributed by atoms with Gasteiger partial charge in [-0.2, -0.15) is 0 Å². The summed E-state index contributed by atoms with van der Waals surface area (Å²) in [6, 6.07) is 0. The number of nitrogens with zero attached hydrogens (tertiary/aromatic N) is 3. The van der Waals surface area contributed by atoms with Crippen molar-refractivity contribution in [3.63, 3.8) is 0 Å². The standard InChI is InChI=1S/C15H24N4/c1-19-13(2-3-16)17-18-14(19)15-7-10-4-11(8-15)6-12(5-10)9-15/h10-12H,2-9,16H2,1H3. The van der Waals surface area contributed by atoms with E-state index >= 15 is 0 Å². The van der Waals surface area contributed by atoms with Gasteiger partial charge in [-0.05, 0) is 62.8 Å². The van der Waals surface area contributed by atoms with Crippen molar-refractivity contribution in [2.24, 2.45) is 30.5 Å². The Kier molecular flexibility index (Phi) is 2.53. The Labute approximate surface area is 114 Å². The molecule has 0 radical (unpaired) electrons. The Hall–Kier alpha value is -0.900. The predicted molar refractivity (Wildman–Crippen MR) is 73.6 cm³/mol. The highest BCUT2D eigenvalue weighted by Gasteiger charge is 2.53. The first-order chi connectivity index (χ1) is 9.20. The molecule has 5 rings (SSSR count). The number of rotatable bonds is 3. The van der Waals surface area contributed by atoms with Crippen LogP contribution in [0.25, 0.3) is 0 Å². The molecular weight excluding hydrogens is 236 g/mol. The zero-order chi connectivity index (χ0) is 13.0. The quantitative estimate of drug-likeness (QED) is 0.901. The van der Waals surface area contributed by atoms with Crippen molar-refractivity contribution in [1.82, 2.24) is 14.8 Å². The second-order valence-electron chi connectivity index (χ2n) is 7.24. The molecule has 0 aromatic carbocycles. The molecule has 4 aliphatic rings. The van der Waals surface area contributed by atoms with Crippen LogP contribution in [0, 0.1) is 17.8 Å². The highest BCUT2D eigenvalue weighted by atomic mass is 15.3. The largest absolute Gasteiger partial charge is 0.330 e. The van der Waals surface area contributed by atoms with Crippen LogP contribution in [0.5, 0.6) is 0 Å². The van der Waals surface area contributed by atoms with E-state index in [9.17, 15) is 0 Å². The molecule has 4 aliphatic carbocycles. The van der Waals surface area contributed by atoms with Gasteiger partial charge in [-0.3, -0.25) is 0 Å². The predicted octanol–water partition coefficient (Wildman–Crippen LogP) is 1.78. The summed E-state index contributed by atoms with van der Waals surface area (Å²) in [5.41, 5.74) is 6.01. The van der Waals surface area contributed by atoms with Gasteiger partial charge in [0.2, 0.25) is 0 Å². The molecule has 0 amide bonds. The number of aromatic nitrogens is 3. The number of hydrogen-bond donors (Lipinski definition) is 1. The van der Waals surface area contributed by atoms with Gasteiger partial charge in [0, 0.05) is 18.9 Å². The summed E-state index contributed by atoms with van der Waals surface area (Å²) in [7, 11) is 2.14. The maximum Gasteiger partial charge on any atom is 0.139 e. The van der Waals surface area contributed by atoms with Crippen molar-refractivity contribution in [2.75, 3.05) is 6.54 Å². The van der Waals surface area contributed by atoms with Gasteiger partial charge in [0.25, 0.3) is 0 Å². The van der Waals surface area contributed by atoms with E-state index in [1.54, 1.807) is 0 Å². The summed E-state index contributed by atoms with van der Waals surface area (Å²) in [5.74, 6) is 5.20. The fraction of sp³-hybridized carbons (Fsp3) is 0.867. The summed E-state index contributed by atoms with van der Waals surface area (Å²) in [6.45, 7) is 0.660. The van der Waals surface area contributed by atoms with Gasteiger partial charge in [-0.15, -0.1) is 10.2 Å². The number of hydrogen-bond acceptors (Lipinski definition) is 3. The fourth-order valence-corrected chi connectivity index (χ4v) is 5.55. The molecule has 4 saturated carbocycles. The minimum atomic E-state index is 0.351. The lowest BCUT2D eigenvalue weighted by atomic mass is 9.49. The molecule has 0 spiro atoms. The fourth-order valence-electron chi connectivity index (χ4n) is 5.55. The Morgan fingerprint density at radius 1 is 1.11 bits per heavy atom. The summed E-state index contributed by atoms with van der Waals surface area (Å²) in [4.78, 5) is 0. The van der Waals surface area contributed by atoms with Crippen LogP contribution in [0.1, 0.15) is 50.2 Å². The van der Waals surface area contributed by atoms with Gasteiger partial charge >= 0.3 is 0 Å². The van der Waals surface area contributed by atoms with E-state index in [4.69, 9.17) is 5.73 Å². The SMILES string of the molecule is Cn1c(CCN)nnc1C12CC3CC(CC(C3)C1)C2. The lowest BCUT2D eigenvalue weighted by molar-refractivity contribution is -0.0108. The Morgan fingerprint density at radius 3 is 2.21 bits per heavy atom. The Bertz CT molecular complexity index is 455. The van der Waals surface area contributed by atoms with Crippen molar-refractivity contribution < 1.29 is 0 Å². The Morgan fingerprint density at radius 2 is 1.68 bits per heavy atom. The van der Waals surface area contributed by atoms with Crippen LogP contribution in [0.2, 0.25) is 0 Å². The van der Waals surface area contributed by atoms with Crippen molar-refractivity contribution in [2.45, 2.75) is 50.4 Å². The zero-order valence-electron chi connectivity index (χ0n) is 11.8. The molecule has 1 aromatic heterocycles. The van der Waals surface area contributed by atoms with E-state index in [2.05, 4.69) is 21.8 Å². The molecule has 4 bridgehead atoms. The van der Waals surface area contributed by atoms with Gasteiger partial charge in [-0.1, -0.05) is 0 Å². The van der Waals surface area contributed by atoms with Crippen molar-refractivity contribution in [3.05, 3.63) is 11.6 Å². The summed E-state index contributed by atoms with van der Waals surface area (Å²) in [6.07, 6.45) is 9.34. The first-order valence-corrected chi connectivity index (χ1v) is 7.79. The third-order valence-electron chi connectivity index (χ3n) is 5.85. The van der Waals surface area contributed by atoms with E-state index in [1.807, 2.05) is 0 Å². The minimum Gasteiger partial charge on any atom is -0.330 e. The first kappa shape index (κ1) is 11.9. The number of nitrogens with two attached hydrogens (primary N) is 1. The highest BCUT2D eigenvalue weighted by Crippen LogP contribution is 2.60. The van der Waals surface area contributed by atoms with Gasteiger partial charge < -0.3 is 10.3 Å². The van der Waals surface area contributed by atoms with E-state index in [0.717, 1.165) is 30.0 Å².